The van der Waals surface area contributed by atoms with E-state index in [4.69, 9.17) is 5.11 Å². The van der Waals surface area contributed by atoms with E-state index in [1.165, 1.54) is 0 Å². The SMILES string of the molecule is O=C(O)CCN1CCSCCC1=O. The second-order valence-corrected chi connectivity index (χ2v) is 4.11. The summed E-state index contributed by atoms with van der Waals surface area (Å²) in [7, 11) is 0. The number of carboxylic acids is 1. The number of rotatable bonds is 3. The monoisotopic (exact) mass is 203 g/mol. The van der Waals surface area contributed by atoms with Gasteiger partial charge in [-0.1, -0.05) is 0 Å². The van der Waals surface area contributed by atoms with Crippen LogP contribution in [0.3, 0.4) is 0 Å². The summed E-state index contributed by atoms with van der Waals surface area (Å²) in [5.74, 6) is 1.03. The quantitative estimate of drug-likeness (QED) is 0.722. The Bertz CT molecular complexity index is 208. The molecule has 5 heteroatoms. The first-order valence-corrected chi connectivity index (χ1v) is 5.43. The standard InChI is InChI=1S/C8H13NO3S/c10-7-2-5-13-6-4-9(7)3-1-8(11)12/h1-6H2,(H,11,12). The topological polar surface area (TPSA) is 57.6 Å². The molecule has 0 bridgehead atoms. The number of aliphatic carboxylic acids is 1. The molecule has 1 fully saturated rings. The molecule has 1 heterocycles. The molecule has 1 rings (SSSR count). The van der Waals surface area contributed by atoms with Gasteiger partial charge in [0.15, 0.2) is 0 Å². The van der Waals surface area contributed by atoms with E-state index < -0.39 is 5.97 Å². The Labute approximate surface area is 81.3 Å². The van der Waals surface area contributed by atoms with Crippen LogP contribution in [-0.2, 0) is 9.59 Å². The van der Waals surface area contributed by atoms with Crippen LogP contribution in [0, 0.1) is 0 Å². The number of carboxylic acid groups (broad SMARTS) is 1. The van der Waals surface area contributed by atoms with Crippen LogP contribution in [0.1, 0.15) is 12.8 Å². The van der Waals surface area contributed by atoms with Crippen molar-refractivity contribution < 1.29 is 14.7 Å². The summed E-state index contributed by atoms with van der Waals surface area (Å²) in [5.41, 5.74) is 0. The van der Waals surface area contributed by atoms with E-state index in [9.17, 15) is 9.59 Å². The molecule has 13 heavy (non-hydrogen) atoms. The normalized spacial score (nSPS) is 18.5. The van der Waals surface area contributed by atoms with Crippen molar-refractivity contribution in [3.8, 4) is 0 Å². The van der Waals surface area contributed by atoms with Crippen molar-refractivity contribution in [1.82, 2.24) is 4.90 Å². The highest BCUT2D eigenvalue weighted by atomic mass is 32.2. The number of carbonyl (C=O) groups is 2. The second-order valence-electron chi connectivity index (χ2n) is 2.89. The molecule has 0 aromatic heterocycles. The molecule has 1 aliphatic heterocycles. The average molecular weight is 203 g/mol. The highest BCUT2D eigenvalue weighted by Crippen LogP contribution is 2.11. The fourth-order valence-corrected chi connectivity index (χ4v) is 2.06. The third-order valence-electron chi connectivity index (χ3n) is 1.91. The molecular weight excluding hydrogens is 190 g/mol. The Hall–Kier alpha value is -0.710. The molecule has 0 spiro atoms. The summed E-state index contributed by atoms with van der Waals surface area (Å²) >= 11 is 1.75. The maximum atomic E-state index is 11.3. The van der Waals surface area contributed by atoms with Crippen LogP contribution in [0.25, 0.3) is 0 Å². The summed E-state index contributed by atoms with van der Waals surface area (Å²) in [6.45, 7) is 1.05. The van der Waals surface area contributed by atoms with E-state index in [0.29, 0.717) is 19.5 Å². The minimum Gasteiger partial charge on any atom is -0.481 e. The Morgan fingerprint density at radius 1 is 1.54 bits per heavy atom. The number of hydrogen-bond donors (Lipinski definition) is 1. The van der Waals surface area contributed by atoms with Gasteiger partial charge < -0.3 is 10.0 Å². The van der Waals surface area contributed by atoms with E-state index in [2.05, 4.69) is 0 Å². The van der Waals surface area contributed by atoms with Crippen molar-refractivity contribution in [3.05, 3.63) is 0 Å². The Morgan fingerprint density at radius 2 is 2.31 bits per heavy atom. The molecule has 74 valence electrons. The zero-order valence-corrected chi connectivity index (χ0v) is 8.18. The van der Waals surface area contributed by atoms with Gasteiger partial charge in [-0.25, -0.2) is 0 Å². The molecule has 0 saturated carbocycles. The number of nitrogens with zero attached hydrogens (tertiary/aromatic N) is 1. The fraction of sp³-hybridized carbons (Fsp3) is 0.750. The van der Waals surface area contributed by atoms with Crippen LogP contribution in [0.4, 0.5) is 0 Å². The van der Waals surface area contributed by atoms with Crippen molar-refractivity contribution >= 4 is 23.6 Å². The summed E-state index contributed by atoms with van der Waals surface area (Å²) in [5, 5.41) is 8.46. The van der Waals surface area contributed by atoms with Crippen molar-refractivity contribution in [1.29, 1.82) is 0 Å². The molecule has 1 aliphatic rings. The molecule has 0 atom stereocenters. The number of amides is 1. The van der Waals surface area contributed by atoms with Gasteiger partial charge in [-0.3, -0.25) is 9.59 Å². The summed E-state index contributed by atoms with van der Waals surface area (Å²) in [6.07, 6.45) is 0.598. The molecule has 0 radical (unpaired) electrons. The molecular formula is C8H13NO3S. The van der Waals surface area contributed by atoms with Gasteiger partial charge in [-0.2, -0.15) is 11.8 Å². The number of thioether (sulfide) groups is 1. The van der Waals surface area contributed by atoms with Gasteiger partial charge in [0.2, 0.25) is 5.91 Å². The predicted octanol–water partition coefficient (Wildman–Crippen LogP) is 0.427. The third kappa shape index (κ3) is 3.67. The number of hydrogen-bond acceptors (Lipinski definition) is 3. The molecule has 1 amide bonds. The largest absolute Gasteiger partial charge is 0.481 e. The van der Waals surface area contributed by atoms with Gasteiger partial charge in [-0.15, -0.1) is 0 Å². The van der Waals surface area contributed by atoms with Crippen LogP contribution in [0.5, 0.6) is 0 Å². The van der Waals surface area contributed by atoms with E-state index >= 15 is 0 Å². The van der Waals surface area contributed by atoms with Crippen molar-refractivity contribution in [3.63, 3.8) is 0 Å². The van der Waals surface area contributed by atoms with Gasteiger partial charge >= 0.3 is 5.97 Å². The molecule has 4 nitrogen and oxygen atoms in total. The smallest absolute Gasteiger partial charge is 0.305 e. The summed E-state index contributed by atoms with van der Waals surface area (Å²) in [6, 6.07) is 0. The highest BCUT2D eigenvalue weighted by molar-refractivity contribution is 7.99. The molecule has 0 unspecified atom stereocenters. The zero-order valence-electron chi connectivity index (χ0n) is 7.36. The first-order chi connectivity index (χ1) is 6.20. The molecule has 0 aliphatic carbocycles. The maximum absolute atomic E-state index is 11.3. The summed E-state index contributed by atoms with van der Waals surface area (Å²) < 4.78 is 0. The van der Waals surface area contributed by atoms with Crippen molar-refractivity contribution in [2.24, 2.45) is 0 Å². The lowest BCUT2D eigenvalue weighted by molar-refractivity contribution is -0.138. The van der Waals surface area contributed by atoms with E-state index in [0.717, 1.165) is 11.5 Å². The molecule has 1 saturated heterocycles. The van der Waals surface area contributed by atoms with Gasteiger partial charge in [0.25, 0.3) is 0 Å². The Morgan fingerprint density at radius 3 is 3.00 bits per heavy atom. The minimum absolute atomic E-state index is 0.0520. The van der Waals surface area contributed by atoms with Crippen molar-refractivity contribution in [2.75, 3.05) is 24.6 Å². The van der Waals surface area contributed by atoms with Gasteiger partial charge in [0, 0.05) is 31.0 Å². The lowest BCUT2D eigenvalue weighted by Gasteiger charge is -2.18. The maximum Gasteiger partial charge on any atom is 0.305 e. The van der Waals surface area contributed by atoms with Gasteiger partial charge in [0.1, 0.15) is 0 Å². The van der Waals surface area contributed by atoms with Crippen LogP contribution in [-0.4, -0.2) is 46.5 Å². The Kier molecular flexibility index (Phi) is 4.08. The van der Waals surface area contributed by atoms with Gasteiger partial charge in [0.05, 0.1) is 6.42 Å². The second kappa shape index (κ2) is 5.11. The third-order valence-corrected chi connectivity index (χ3v) is 2.88. The van der Waals surface area contributed by atoms with Crippen LogP contribution in [0.2, 0.25) is 0 Å². The van der Waals surface area contributed by atoms with E-state index in [1.54, 1.807) is 16.7 Å². The van der Waals surface area contributed by atoms with E-state index in [1.807, 2.05) is 0 Å². The van der Waals surface area contributed by atoms with E-state index in [-0.39, 0.29) is 12.3 Å². The van der Waals surface area contributed by atoms with Crippen LogP contribution in [0.15, 0.2) is 0 Å². The van der Waals surface area contributed by atoms with Crippen LogP contribution < -0.4 is 0 Å². The molecule has 0 aromatic carbocycles. The Balaban J connectivity index is 2.36. The fourth-order valence-electron chi connectivity index (χ4n) is 1.19. The molecule has 1 N–H and O–H groups in total. The molecule has 0 aromatic rings. The first kappa shape index (κ1) is 10.4. The summed E-state index contributed by atoms with van der Waals surface area (Å²) in [4.78, 5) is 23.3. The zero-order chi connectivity index (χ0) is 9.68. The first-order valence-electron chi connectivity index (χ1n) is 4.27. The lowest BCUT2D eigenvalue weighted by atomic mass is 10.3. The number of carbonyl (C=O) groups excluding carboxylic acids is 1. The highest BCUT2D eigenvalue weighted by Gasteiger charge is 2.16. The van der Waals surface area contributed by atoms with Gasteiger partial charge in [-0.05, 0) is 0 Å². The van der Waals surface area contributed by atoms with Crippen LogP contribution >= 0.6 is 11.8 Å². The lowest BCUT2D eigenvalue weighted by Crippen LogP contribution is -2.33. The predicted molar refractivity (Wildman–Crippen MR) is 50.8 cm³/mol. The average Bonchev–Trinajstić information content (AvgIpc) is 2.27. The minimum atomic E-state index is -0.843. The van der Waals surface area contributed by atoms with Crippen molar-refractivity contribution in [2.45, 2.75) is 12.8 Å².